The van der Waals surface area contributed by atoms with E-state index in [1.807, 2.05) is 6.07 Å². The molecule has 0 radical (unpaired) electrons. The largest absolute Gasteiger partial charge is 0.607 e. The maximum atomic E-state index is 12.8. The molecule has 3 N–H and O–H groups in total. The SMILES string of the molecule is Nc1nc(OCCc2cccc(N=[P+]([O-])c3cccc(CO)c3)c2Cl)nc2c1cnn2C1CCCCO1. The van der Waals surface area contributed by atoms with Gasteiger partial charge >= 0.3 is 6.01 Å². The minimum absolute atomic E-state index is 0.133. The van der Waals surface area contributed by atoms with E-state index < -0.39 is 7.94 Å². The van der Waals surface area contributed by atoms with Crippen LogP contribution in [0.4, 0.5) is 11.5 Å². The zero-order valence-corrected chi connectivity index (χ0v) is 21.6. The van der Waals surface area contributed by atoms with E-state index >= 15 is 0 Å². The van der Waals surface area contributed by atoms with Gasteiger partial charge in [-0.25, -0.2) is 4.68 Å². The third kappa shape index (κ3) is 5.74. The van der Waals surface area contributed by atoms with Crippen LogP contribution in [0.5, 0.6) is 6.01 Å². The summed E-state index contributed by atoms with van der Waals surface area (Å²) in [5, 5.41) is 15.3. The minimum Gasteiger partial charge on any atom is -0.607 e. The molecule has 12 heteroatoms. The molecule has 2 aromatic carbocycles. The van der Waals surface area contributed by atoms with Gasteiger partial charge in [0, 0.05) is 13.0 Å². The fourth-order valence-electron chi connectivity index (χ4n) is 4.14. The molecule has 1 aliphatic heterocycles. The smallest absolute Gasteiger partial charge is 0.320 e. The van der Waals surface area contributed by atoms with Gasteiger partial charge in [-0.3, -0.25) is 0 Å². The van der Waals surface area contributed by atoms with Crippen molar-refractivity contribution in [3.63, 3.8) is 0 Å². The number of halogens is 1. The van der Waals surface area contributed by atoms with Gasteiger partial charge in [-0.05, 0) is 48.6 Å². The number of hydrogen-bond donors (Lipinski definition) is 2. The first-order valence-corrected chi connectivity index (χ1v) is 13.5. The number of aliphatic hydroxyl groups excluding tert-OH is 1. The normalized spacial score (nSPS) is 16.3. The van der Waals surface area contributed by atoms with Gasteiger partial charge < -0.3 is 25.2 Å². The van der Waals surface area contributed by atoms with E-state index in [-0.39, 0.29) is 31.3 Å². The van der Waals surface area contributed by atoms with E-state index in [0.29, 0.717) is 45.6 Å². The van der Waals surface area contributed by atoms with Gasteiger partial charge in [0.05, 0.1) is 29.8 Å². The molecule has 0 saturated carbocycles. The van der Waals surface area contributed by atoms with Crippen molar-refractivity contribution in [1.29, 1.82) is 0 Å². The summed E-state index contributed by atoms with van der Waals surface area (Å²) < 4.78 is 17.7. The predicted molar refractivity (Wildman–Crippen MR) is 140 cm³/mol. The van der Waals surface area contributed by atoms with Crippen LogP contribution >= 0.6 is 19.5 Å². The van der Waals surface area contributed by atoms with Crippen LogP contribution in [-0.2, 0) is 17.8 Å². The zero-order valence-electron chi connectivity index (χ0n) is 20.0. The average Bonchev–Trinajstić information content (AvgIpc) is 3.36. The zero-order chi connectivity index (χ0) is 25.8. The summed E-state index contributed by atoms with van der Waals surface area (Å²) in [5.41, 5.74) is 8.59. The maximum Gasteiger partial charge on any atom is 0.320 e. The van der Waals surface area contributed by atoms with E-state index in [1.165, 1.54) is 0 Å². The second-order valence-corrected chi connectivity index (χ2v) is 10.2. The third-order valence-electron chi connectivity index (χ3n) is 6.06. The Balaban J connectivity index is 1.30. The highest BCUT2D eigenvalue weighted by molar-refractivity contribution is 7.48. The summed E-state index contributed by atoms with van der Waals surface area (Å²) in [7, 11) is -2.08. The Labute approximate surface area is 219 Å². The number of ether oxygens (including phenoxy) is 2. The lowest BCUT2D eigenvalue weighted by Gasteiger charge is -2.23. The number of fused-ring (bicyclic) bond motifs is 1. The second kappa shape index (κ2) is 11.5. The van der Waals surface area contributed by atoms with Gasteiger partial charge in [0.15, 0.2) is 17.2 Å². The van der Waals surface area contributed by atoms with E-state index in [9.17, 15) is 10.00 Å². The number of aromatic nitrogens is 4. The molecule has 192 valence electrons. The molecule has 1 fully saturated rings. The van der Waals surface area contributed by atoms with Crippen LogP contribution in [0.3, 0.4) is 0 Å². The van der Waals surface area contributed by atoms with E-state index in [2.05, 4.69) is 19.8 Å². The van der Waals surface area contributed by atoms with E-state index in [4.69, 9.17) is 26.8 Å². The van der Waals surface area contributed by atoms with Crippen LogP contribution in [-0.4, -0.2) is 38.1 Å². The fourth-order valence-corrected chi connectivity index (χ4v) is 5.43. The molecule has 0 aliphatic carbocycles. The lowest BCUT2D eigenvalue weighted by atomic mass is 10.1. The number of nitrogens with two attached hydrogens (primary N) is 1. The third-order valence-corrected chi connectivity index (χ3v) is 7.62. The number of rotatable bonds is 8. The van der Waals surface area contributed by atoms with Crippen molar-refractivity contribution < 1.29 is 19.5 Å². The van der Waals surface area contributed by atoms with E-state index in [0.717, 1.165) is 24.8 Å². The van der Waals surface area contributed by atoms with Crippen LogP contribution in [0.1, 0.15) is 36.6 Å². The molecule has 2 unspecified atom stereocenters. The molecule has 2 atom stereocenters. The summed E-state index contributed by atoms with van der Waals surface area (Å²) >= 11 is 6.58. The number of nitrogen functional groups attached to an aromatic ring is 1. The Morgan fingerprint density at radius 3 is 2.92 bits per heavy atom. The molecule has 3 heterocycles. The first-order valence-electron chi connectivity index (χ1n) is 11.9. The van der Waals surface area contributed by atoms with Gasteiger partial charge in [0.2, 0.25) is 7.94 Å². The van der Waals surface area contributed by atoms with Gasteiger partial charge in [-0.1, -0.05) is 40.6 Å². The predicted octanol–water partition coefficient (Wildman–Crippen LogP) is 3.77. The molecular weight excluding hydrogens is 515 g/mol. The molecule has 1 aliphatic rings. The Bertz CT molecular complexity index is 1440. The monoisotopic (exact) mass is 540 g/mol. The van der Waals surface area contributed by atoms with Crippen LogP contribution in [0, 0.1) is 0 Å². The minimum atomic E-state index is -2.08. The van der Waals surface area contributed by atoms with Crippen LogP contribution in [0.15, 0.2) is 53.4 Å². The Morgan fingerprint density at radius 1 is 1.24 bits per heavy atom. The Kier molecular flexibility index (Phi) is 7.93. The molecular formula is C25H26ClN6O4P. The van der Waals surface area contributed by atoms with Crippen molar-refractivity contribution in [3.05, 3.63) is 64.8 Å². The van der Waals surface area contributed by atoms with Crippen molar-refractivity contribution in [2.75, 3.05) is 18.9 Å². The van der Waals surface area contributed by atoms with Gasteiger partial charge in [-0.2, -0.15) is 15.1 Å². The molecule has 5 rings (SSSR count). The molecule has 0 spiro atoms. The number of benzene rings is 2. The number of nitrogens with zero attached hydrogens (tertiary/aromatic N) is 5. The molecule has 0 bridgehead atoms. The molecule has 37 heavy (non-hydrogen) atoms. The van der Waals surface area contributed by atoms with Gasteiger partial charge in [0.1, 0.15) is 11.5 Å². The highest BCUT2D eigenvalue weighted by Gasteiger charge is 2.21. The van der Waals surface area contributed by atoms with Crippen molar-refractivity contribution in [1.82, 2.24) is 19.7 Å². The van der Waals surface area contributed by atoms with Gasteiger partial charge in [-0.15, -0.1) is 0 Å². The molecule has 10 nitrogen and oxygen atoms in total. The summed E-state index contributed by atoms with van der Waals surface area (Å²) in [4.78, 5) is 21.6. The molecule has 0 amide bonds. The number of hydrogen-bond acceptors (Lipinski definition) is 9. The average molecular weight is 541 g/mol. The number of aliphatic hydroxyl groups is 1. The molecule has 1 saturated heterocycles. The van der Waals surface area contributed by atoms with E-state index in [1.54, 1.807) is 47.3 Å². The first-order chi connectivity index (χ1) is 18.0. The Hall–Kier alpha value is -3.14. The topological polar surface area (TPSA) is 144 Å². The van der Waals surface area contributed by atoms with Crippen molar-refractivity contribution in [2.24, 2.45) is 4.74 Å². The molecule has 2 aromatic heterocycles. The van der Waals surface area contributed by atoms with Crippen molar-refractivity contribution in [2.45, 2.75) is 38.5 Å². The highest BCUT2D eigenvalue weighted by Crippen LogP contribution is 2.34. The van der Waals surface area contributed by atoms with Crippen LogP contribution in [0.2, 0.25) is 5.02 Å². The fraction of sp³-hybridized carbons (Fsp3) is 0.320. The lowest BCUT2D eigenvalue weighted by Crippen LogP contribution is -2.19. The standard InChI is InChI=1S/C25H26ClN6O4P/c26-22-17(6-4-8-20(22)31-37(34)18-7-3-5-16(13-18)15-33)10-12-36-25-29-23(27)19-14-28-32(24(19)30-25)21-9-1-2-11-35-21/h3-8,13-14,21,33H,1-2,9-12,15H2,(H2,27,29,30). The second-order valence-electron chi connectivity index (χ2n) is 8.59. The maximum absolute atomic E-state index is 12.8. The number of anilines is 1. The van der Waals surface area contributed by atoms with Crippen LogP contribution < -0.4 is 20.7 Å². The summed E-state index contributed by atoms with van der Waals surface area (Å²) in [6, 6.07) is 12.4. The highest BCUT2D eigenvalue weighted by atomic mass is 35.5. The summed E-state index contributed by atoms with van der Waals surface area (Å²) in [6.45, 7) is 0.796. The first kappa shape index (κ1) is 25.5. The quantitative estimate of drug-likeness (QED) is 0.321. The Morgan fingerprint density at radius 2 is 2.11 bits per heavy atom. The lowest BCUT2D eigenvalue weighted by molar-refractivity contribution is -0.152. The molecule has 4 aromatic rings. The van der Waals surface area contributed by atoms with Crippen molar-refractivity contribution in [3.8, 4) is 6.01 Å². The van der Waals surface area contributed by atoms with Crippen LogP contribution in [0.25, 0.3) is 11.0 Å². The summed E-state index contributed by atoms with van der Waals surface area (Å²) in [5.74, 6) is 0.287. The van der Waals surface area contributed by atoms with Crippen molar-refractivity contribution >= 4 is 47.4 Å². The van der Waals surface area contributed by atoms with Gasteiger partial charge in [0.25, 0.3) is 0 Å². The summed E-state index contributed by atoms with van der Waals surface area (Å²) in [6.07, 6.45) is 4.86.